The number of carbonyl (C=O) groups is 3. The summed E-state index contributed by atoms with van der Waals surface area (Å²) in [7, 11) is 1.61. The van der Waals surface area contributed by atoms with Crippen molar-refractivity contribution in [3.63, 3.8) is 0 Å². The van der Waals surface area contributed by atoms with Crippen molar-refractivity contribution in [3.8, 4) is 5.75 Å². The van der Waals surface area contributed by atoms with Crippen molar-refractivity contribution < 1.29 is 23.9 Å². The van der Waals surface area contributed by atoms with Crippen molar-refractivity contribution in [2.24, 2.45) is 0 Å². The fraction of sp³-hybridized carbons (Fsp3) is 0.296. The van der Waals surface area contributed by atoms with Crippen LogP contribution < -0.4 is 20.3 Å². The third-order valence-electron chi connectivity index (χ3n) is 6.73. The van der Waals surface area contributed by atoms with Crippen LogP contribution in [-0.4, -0.2) is 62.7 Å². The molecule has 0 bridgehead atoms. The summed E-state index contributed by atoms with van der Waals surface area (Å²) in [5, 5.41) is 7.40. The first-order valence-corrected chi connectivity index (χ1v) is 11.8. The van der Waals surface area contributed by atoms with Gasteiger partial charge in [0.2, 0.25) is 5.91 Å². The molecule has 1 atom stereocenters. The van der Waals surface area contributed by atoms with Gasteiger partial charge in [0.25, 0.3) is 5.91 Å². The Labute approximate surface area is 209 Å². The highest BCUT2D eigenvalue weighted by molar-refractivity contribution is 6.10. The van der Waals surface area contributed by atoms with Crippen LogP contribution in [0.2, 0.25) is 0 Å². The molecule has 2 heterocycles. The summed E-state index contributed by atoms with van der Waals surface area (Å²) in [5.41, 5.74) is 1.01. The molecular formula is C27H28N4O5. The third kappa shape index (κ3) is 4.45. The maximum Gasteiger partial charge on any atom is 0.325 e. The second kappa shape index (κ2) is 9.50. The molecule has 9 nitrogen and oxygen atoms in total. The largest absolute Gasteiger partial charge is 0.497 e. The monoisotopic (exact) mass is 488 g/mol. The lowest BCUT2D eigenvalue weighted by Gasteiger charge is -2.28. The fourth-order valence-corrected chi connectivity index (χ4v) is 4.62. The van der Waals surface area contributed by atoms with Crippen LogP contribution >= 0.6 is 0 Å². The summed E-state index contributed by atoms with van der Waals surface area (Å²) in [6.45, 7) is 4.30. The topological polar surface area (TPSA) is 100 Å². The van der Waals surface area contributed by atoms with Crippen LogP contribution in [0, 0.1) is 0 Å². The van der Waals surface area contributed by atoms with Crippen LogP contribution in [-0.2, 0) is 19.9 Å². The summed E-state index contributed by atoms with van der Waals surface area (Å²) in [6.07, 6.45) is 0. The number of anilines is 2. The number of imide groups is 1. The third-order valence-corrected chi connectivity index (χ3v) is 6.73. The highest BCUT2D eigenvalue weighted by Gasteiger charge is 2.49. The molecule has 0 saturated carbocycles. The molecule has 0 spiro atoms. The molecule has 3 aromatic rings. The molecule has 2 aliphatic rings. The number of nitrogens with one attached hydrogen (secondary N) is 2. The van der Waals surface area contributed by atoms with Crippen LogP contribution in [0.4, 0.5) is 16.2 Å². The molecule has 186 valence electrons. The van der Waals surface area contributed by atoms with E-state index in [9.17, 15) is 14.4 Å². The minimum atomic E-state index is -1.27. The summed E-state index contributed by atoms with van der Waals surface area (Å²) >= 11 is 0. The zero-order valence-corrected chi connectivity index (χ0v) is 20.2. The number of hydrogen-bond acceptors (Lipinski definition) is 6. The molecule has 2 aliphatic heterocycles. The SMILES string of the molecule is COc1ccc2cc(C3(C)NC(=O)N(CC(=O)Nc4ccc(N5CCOCC5)cc4)C3=O)ccc2c1. The number of nitrogens with zero attached hydrogens (tertiary/aromatic N) is 2. The molecule has 2 fully saturated rings. The number of methoxy groups -OCH3 is 1. The molecule has 9 heteroatoms. The van der Waals surface area contributed by atoms with Crippen LogP contribution in [0.1, 0.15) is 12.5 Å². The second-order valence-corrected chi connectivity index (χ2v) is 9.07. The molecule has 1 unspecified atom stereocenters. The van der Waals surface area contributed by atoms with Gasteiger partial charge in [-0.2, -0.15) is 0 Å². The van der Waals surface area contributed by atoms with Crippen molar-refractivity contribution in [1.82, 2.24) is 10.2 Å². The Hall–Kier alpha value is -4.11. The zero-order valence-electron chi connectivity index (χ0n) is 20.2. The van der Waals surface area contributed by atoms with E-state index >= 15 is 0 Å². The van der Waals surface area contributed by atoms with Gasteiger partial charge in [0.15, 0.2) is 0 Å². The van der Waals surface area contributed by atoms with Crippen LogP contribution in [0.15, 0.2) is 60.7 Å². The zero-order chi connectivity index (χ0) is 25.3. The van der Waals surface area contributed by atoms with E-state index < -0.39 is 23.4 Å². The summed E-state index contributed by atoms with van der Waals surface area (Å²) in [4.78, 5) is 41.9. The lowest BCUT2D eigenvalue weighted by atomic mass is 9.90. The van der Waals surface area contributed by atoms with E-state index in [1.165, 1.54) is 0 Å². The van der Waals surface area contributed by atoms with E-state index in [4.69, 9.17) is 9.47 Å². The first-order valence-electron chi connectivity index (χ1n) is 11.8. The van der Waals surface area contributed by atoms with Gasteiger partial charge in [-0.25, -0.2) is 4.79 Å². The van der Waals surface area contributed by atoms with E-state index in [2.05, 4.69) is 15.5 Å². The molecule has 4 amide bonds. The number of rotatable bonds is 6. The molecule has 0 radical (unpaired) electrons. The van der Waals surface area contributed by atoms with Gasteiger partial charge < -0.3 is 25.0 Å². The Morgan fingerprint density at radius 1 is 1.03 bits per heavy atom. The quantitative estimate of drug-likeness (QED) is 0.518. The number of benzene rings is 3. The summed E-state index contributed by atoms with van der Waals surface area (Å²) in [5.74, 6) is -0.190. The van der Waals surface area contributed by atoms with E-state index in [1.54, 1.807) is 20.1 Å². The first-order chi connectivity index (χ1) is 17.4. The average molecular weight is 489 g/mol. The molecular weight excluding hydrogens is 460 g/mol. The number of carbonyl (C=O) groups excluding carboxylic acids is 3. The molecule has 3 aromatic carbocycles. The number of morpholine rings is 1. The van der Waals surface area contributed by atoms with E-state index in [-0.39, 0.29) is 6.54 Å². The fourth-order valence-electron chi connectivity index (χ4n) is 4.62. The van der Waals surface area contributed by atoms with Crippen molar-refractivity contribution >= 4 is 40.0 Å². The van der Waals surface area contributed by atoms with Gasteiger partial charge in [-0.15, -0.1) is 0 Å². The Bertz CT molecular complexity index is 1320. The normalized spacial score (nSPS) is 19.9. The predicted molar refractivity (Wildman–Crippen MR) is 136 cm³/mol. The van der Waals surface area contributed by atoms with E-state index in [1.807, 2.05) is 54.6 Å². The minimum absolute atomic E-state index is 0.379. The van der Waals surface area contributed by atoms with E-state index in [0.29, 0.717) is 24.5 Å². The number of hydrogen-bond donors (Lipinski definition) is 2. The van der Waals surface area contributed by atoms with Crippen LogP contribution in [0.5, 0.6) is 5.75 Å². The molecule has 36 heavy (non-hydrogen) atoms. The standard InChI is InChI=1S/C27H28N4O5/c1-27(20-5-3-19-16-23(35-2)10-4-18(19)15-20)25(33)31(26(34)29-27)17-24(32)28-21-6-8-22(9-7-21)30-11-13-36-14-12-30/h3-10,15-16H,11-14,17H2,1-2H3,(H,28,32)(H,29,34). The van der Waals surface area contributed by atoms with Gasteiger partial charge in [-0.3, -0.25) is 14.5 Å². The van der Waals surface area contributed by atoms with Crippen molar-refractivity contribution in [2.75, 3.05) is 50.2 Å². The van der Waals surface area contributed by atoms with Crippen molar-refractivity contribution in [1.29, 1.82) is 0 Å². The molecule has 2 N–H and O–H groups in total. The van der Waals surface area contributed by atoms with Crippen molar-refractivity contribution in [3.05, 3.63) is 66.2 Å². The lowest BCUT2D eigenvalue weighted by Crippen LogP contribution is -2.42. The lowest BCUT2D eigenvalue weighted by molar-refractivity contribution is -0.133. The second-order valence-electron chi connectivity index (χ2n) is 9.07. The Morgan fingerprint density at radius 2 is 1.72 bits per heavy atom. The Morgan fingerprint density at radius 3 is 2.44 bits per heavy atom. The minimum Gasteiger partial charge on any atom is -0.497 e. The molecule has 2 saturated heterocycles. The van der Waals surface area contributed by atoms with Crippen LogP contribution in [0.25, 0.3) is 10.8 Å². The van der Waals surface area contributed by atoms with Gasteiger partial charge in [0.05, 0.1) is 20.3 Å². The predicted octanol–water partition coefficient (Wildman–Crippen LogP) is 3.09. The van der Waals surface area contributed by atoms with E-state index in [0.717, 1.165) is 40.2 Å². The highest BCUT2D eigenvalue weighted by Crippen LogP contribution is 2.32. The molecule has 0 aliphatic carbocycles. The number of amides is 4. The van der Waals surface area contributed by atoms with Crippen molar-refractivity contribution in [2.45, 2.75) is 12.5 Å². The number of urea groups is 1. The van der Waals surface area contributed by atoms with Crippen LogP contribution in [0.3, 0.4) is 0 Å². The maximum absolute atomic E-state index is 13.3. The van der Waals surface area contributed by atoms with Gasteiger partial charge in [0.1, 0.15) is 17.8 Å². The first kappa shape index (κ1) is 23.6. The Kier molecular flexibility index (Phi) is 6.24. The van der Waals surface area contributed by atoms with Gasteiger partial charge in [-0.1, -0.05) is 18.2 Å². The summed E-state index contributed by atoms with van der Waals surface area (Å²) < 4.78 is 10.6. The smallest absolute Gasteiger partial charge is 0.325 e. The number of ether oxygens (including phenoxy) is 2. The maximum atomic E-state index is 13.3. The number of fused-ring (bicyclic) bond motifs is 1. The average Bonchev–Trinajstić information content (AvgIpc) is 3.12. The Balaban J connectivity index is 1.26. The van der Waals surface area contributed by atoms with Gasteiger partial charge in [0, 0.05) is 24.5 Å². The highest BCUT2D eigenvalue weighted by atomic mass is 16.5. The van der Waals surface area contributed by atoms with Gasteiger partial charge in [-0.05, 0) is 65.7 Å². The summed E-state index contributed by atoms with van der Waals surface area (Å²) in [6, 6.07) is 18.1. The molecule has 0 aromatic heterocycles. The molecule has 5 rings (SSSR count). The van der Waals surface area contributed by atoms with Gasteiger partial charge >= 0.3 is 6.03 Å².